The molecule has 160 valence electrons. The molecule has 0 aliphatic carbocycles. The second-order valence-corrected chi connectivity index (χ2v) is 10.8. The number of hydrogen-bond acceptors (Lipinski definition) is 2. The minimum atomic E-state index is 1.22. The lowest BCUT2D eigenvalue weighted by molar-refractivity contribution is 0.575. The van der Waals surface area contributed by atoms with E-state index in [0.29, 0.717) is 0 Å². The van der Waals surface area contributed by atoms with Crippen molar-refractivity contribution in [3.63, 3.8) is 0 Å². The summed E-state index contributed by atoms with van der Waals surface area (Å²) in [5, 5.41) is 2.84. The first-order valence-electron chi connectivity index (χ1n) is 11.8. The molecule has 2 aromatic carbocycles. The highest BCUT2D eigenvalue weighted by molar-refractivity contribution is 7.36. The zero-order chi connectivity index (χ0) is 21.0. The van der Waals surface area contributed by atoms with Crippen LogP contribution in [0.5, 0.6) is 0 Å². The summed E-state index contributed by atoms with van der Waals surface area (Å²) in [6.45, 7) is 2.29. The Labute approximate surface area is 193 Å². The minimum Gasteiger partial charge on any atom is -0.324 e. The molecule has 0 unspecified atom stereocenters. The molecule has 0 atom stereocenters. The third-order valence-electron chi connectivity index (χ3n) is 6.35. The van der Waals surface area contributed by atoms with Crippen LogP contribution in [0.3, 0.4) is 0 Å². The van der Waals surface area contributed by atoms with E-state index in [1.807, 2.05) is 22.7 Å². The molecule has 3 heteroatoms. The summed E-state index contributed by atoms with van der Waals surface area (Å²) in [5.41, 5.74) is 2.75. The average molecular weight is 446 g/mol. The summed E-state index contributed by atoms with van der Waals surface area (Å²) in [7, 11) is 0. The lowest BCUT2D eigenvalue weighted by Gasteiger charge is -2.03. The first kappa shape index (κ1) is 20.8. The first-order chi connectivity index (χ1) is 15.3. The van der Waals surface area contributed by atoms with E-state index in [2.05, 4.69) is 72.4 Å². The highest BCUT2D eigenvalue weighted by Gasteiger charge is 2.13. The van der Waals surface area contributed by atoms with Crippen LogP contribution in [0.2, 0.25) is 0 Å². The summed E-state index contributed by atoms with van der Waals surface area (Å²) in [5.74, 6) is 0. The number of rotatable bonds is 10. The Bertz CT molecular complexity index is 1270. The van der Waals surface area contributed by atoms with Gasteiger partial charge in [0.25, 0.3) is 0 Å². The van der Waals surface area contributed by atoms with Gasteiger partial charge in [-0.15, -0.1) is 22.7 Å². The van der Waals surface area contributed by atoms with Crippen LogP contribution in [-0.4, -0.2) is 4.57 Å². The molecular weight excluding hydrogens is 414 g/mol. The number of nitrogens with zero attached hydrogens (tertiary/aromatic N) is 1. The molecule has 5 rings (SSSR count). The fraction of sp³-hybridized carbons (Fsp3) is 0.357. The molecule has 5 aromatic rings. The van der Waals surface area contributed by atoms with Gasteiger partial charge < -0.3 is 4.57 Å². The maximum absolute atomic E-state index is 2.45. The zero-order valence-corrected chi connectivity index (χ0v) is 20.0. The zero-order valence-electron chi connectivity index (χ0n) is 18.4. The molecule has 3 heterocycles. The van der Waals surface area contributed by atoms with Gasteiger partial charge >= 0.3 is 0 Å². The van der Waals surface area contributed by atoms with Crippen LogP contribution < -0.4 is 0 Å². The van der Waals surface area contributed by atoms with Crippen LogP contribution in [-0.2, 0) is 6.42 Å². The number of aromatic nitrogens is 1. The second-order valence-electron chi connectivity index (χ2n) is 8.69. The van der Waals surface area contributed by atoms with Gasteiger partial charge in [-0.1, -0.05) is 70.1 Å². The van der Waals surface area contributed by atoms with Crippen LogP contribution >= 0.6 is 22.7 Å². The molecule has 0 fully saturated rings. The normalized spacial score (nSPS) is 11.9. The minimum absolute atomic E-state index is 1.22. The van der Waals surface area contributed by atoms with Crippen molar-refractivity contribution >= 4 is 52.2 Å². The van der Waals surface area contributed by atoms with E-state index >= 15 is 0 Å². The van der Waals surface area contributed by atoms with Crippen molar-refractivity contribution in [1.29, 1.82) is 0 Å². The molecule has 0 amide bonds. The molecule has 31 heavy (non-hydrogen) atoms. The number of hydrogen-bond donors (Lipinski definition) is 0. The number of unbranched alkanes of at least 4 members (excludes halogenated alkanes) is 7. The Morgan fingerprint density at radius 2 is 1.29 bits per heavy atom. The summed E-state index contributed by atoms with van der Waals surface area (Å²) < 4.78 is 7.94. The van der Waals surface area contributed by atoms with E-state index in [-0.39, 0.29) is 0 Å². The van der Waals surface area contributed by atoms with Crippen molar-refractivity contribution in [1.82, 2.24) is 4.57 Å². The van der Waals surface area contributed by atoms with Crippen LogP contribution in [0.1, 0.15) is 63.9 Å². The van der Waals surface area contributed by atoms with E-state index in [4.69, 9.17) is 0 Å². The van der Waals surface area contributed by atoms with Gasteiger partial charge in [0.2, 0.25) is 0 Å². The third kappa shape index (κ3) is 4.44. The molecule has 0 aliphatic rings. The molecule has 0 bridgehead atoms. The van der Waals surface area contributed by atoms with Crippen molar-refractivity contribution < 1.29 is 0 Å². The average Bonchev–Trinajstić information content (AvgIpc) is 3.51. The fourth-order valence-corrected chi connectivity index (χ4v) is 7.33. The SMILES string of the molecule is CCCCCCCCCCc1ccc2c(c1)sc1c3ccc(-n4cccc4)cc3sc21. The van der Waals surface area contributed by atoms with E-state index < -0.39 is 0 Å². The Balaban J connectivity index is 1.29. The van der Waals surface area contributed by atoms with Crippen molar-refractivity contribution in [2.45, 2.75) is 64.7 Å². The molecule has 0 spiro atoms. The number of benzene rings is 2. The van der Waals surface area contributed by atoms with E-state index in [1.54, 1.807) is 0 Å². The first-order valence-corrected chi connectivity index (χ1v) is 13.5. The van der Waals surface area contributed by atoms with Gasteiger partial charge in [-0.3, -0.25) is 0 Å². The monoisotopic (exact) mass is 445 g/mol. The van der Waals surface area contributed by atoms with Crippen LogP contribution in [0.15, 0.2) is 60.9 Å². The molecule has 0 radical (unpaired) electrons. The Morgan fingerprint density at radius 1 is 0.677 bits per heavy atom. The molecular formula is C28H31NS2. The largest absolute Gasteiger partial charge is 0.324 e. The van der Waals surface area contributed by atoms with Gasteiger partial charge in [0.1, 0.15) is 0 Å². The van der Waals surface area contributed by atoms with Gasteiger partial charge in [0, 0.05) is 38.3 Å². The summed E-state index contributed by atoms with van der Waals surface area (Å²) in [6, 6.07) is 18.2. The molecule has 0 aliphatic heterocycles. The maximum atomic E-state index is 2.45. The number of aryl methyl sites for hydroxylation is 1. The van der Waals surface area contributed by atoms with Crippen molar-refractivity contribution in [2.24, 2.45) is 0 Å². The molecule has 3 aromatic heterocycles. The van der Waals surface area contributed by atoms with Crippen LogP contribution in [0.25, 0.3) is 35.3 Å². The molecule has 0 saturated carbocycles. The van der Waals surface area contributed by atoms with E-state index in [1.165, 1.54) is 98.6 Å². The summed E-state index contributed by atoms with van der Waals surface area (Å²) >= 11 is 3.92. The van der Waals surface area contributed by atoms with Gasteiger partial charge in [-0.2, -0.15) is 0 Å². The molecule has 1 nitrogen and oxygen atoms in total. The lowest BCUT2D eigenvalue weighted by atomic mass is 10.0. The van der Waals surface area contributed by atoms with E-state index in [0.717, 1.165) is 0 Å². The van der Waals surface area contributed by atoms with Crippen LogP contribution in [0, 0.1) is 0 Å². The number of fused-ring (bicyclic) bond motifs is 5. The van der Waals surface area contributed by atoms with Crippen LogP contribution in [0.4, 0.5) is 0 Å². The second kappa shape index (κ2) is 9.58. The predicted molar refractivity (Wildman–Crippen MR) is 140 cm³/mol. The van der Waals surface area contributed by atoms with Crippen molar-refractivity contribution in [2.75, 3.05) is 0 Å². The summed E-state index contributed by atoms with van der Waals surface area (Å²) in [6.07, 6.45) is 16.5. The topological polar surface area (TPSA) is 4.93 Å². The van der Waals surface area contributed by atoms with E-state index in [9.17, 15) is 0 Å². The summed E-state index contributed by atoms with van der Waals surface area (Å²) in [4.78, 5) is 0. The number of thiophene rings is 2. The van der Waals surface area contributed by atoms with Crippen molar-refractivity contribution in [3.05, 3.63) is 66.5 Å². The maximum Gasteiger partial charge on any atom is 0.0542 e. The van der Waals surface area contributed by atoms with Crippen molar-refractivity contribution in [3.8, 4) is 5.69 Å². The smallest absolute Gasteiger partial charge is 0.0542 e. The third-order valence-corrected chi connectivity index (χ3v) is 8.85. The lowest BCUT2D eigenvalue weighted by Crippen LogP contribution is -1.87. The fourth-order valence-electron chi connectivity index (χ4n) is 4.57. The highest BCUT2D eigenvalue weighted by Crippen LogP contribution is 2.44. The van der Waals surface area contributed by atoms with Gasteiger partial charge in [0.05, 0.1) is 9.40 Å². The molecule has 0 N–H and O–H groups in total. The Hall–Kier alpha value is -2.10. The Kier molecular flexibility index (Phi) is 6.42. The standard InChI is InChI=1S/C28H31NS2/c1-2-3-4-5-6-7-8-9-12-21-13-15-23-25(19-21)30-28-24-16-14-22(29-17-10-11-18-29)20-26(24)31-27(23)28/h10-11,13-20H,2-9,12H2,1H3. The predicted octanol–water partition coefficient (Wildman–Crippen LogP) is 9.74. The molecule has 0 saturated heterocycles. The van der Waals surface area contributed by atoms with Gasteiger partial charge in [0.15, 0.2) is 0 Å². The highest BCUT2D eigenvalue weighted by atomic mass is 32.1. The Morgan fingerprint density at radius 3 is 2.00 bits per heavy atom. The van der Waals surface area contributed by atoms with Gasteiger partial charge in [-0.05, 0) is 48.7 Å². The quantitative estimate of drug-likeness (QED) is 0.188. The van der Waals surface area contributed by atoms with Gasteiger partial charge in [-0.25, -0.2) is 0 Å².